The average molecular weight is 361 g/mol. The molecule has 1 aromatic rings. The highest BCUT2D eigenvalue weighted by Crippen LogP contribution is 2.19. The first kappa shape index (κ1) is 19.1. The summed E-state index contributed by atoms with van der Waals surface area (Å²) in [4.78, 5) is 16.3. The molecule has 0 aromatic heterocycles. The zero-order chi connectivity index (χ0) is 18.5. The summed E-state index contributed by atoms with van der Waals surface area (Å²) in [5, 5.41) is 13.3. The predicted molar refractivity (Wildman–Crippen MR) is 101 cm³/mol. The highest BCUT2D eigenvalue weighted by molar-refractivity contribution is 5.78. The van der Waals surface area contributed by atoms with Gasteiger partial charge in [0.1, 0.15) is 18.5 Å². The first-order chi connectivity index (χ1) is 12.5. The Labute approximate surface area is 156 Å². The third kappa shape index (κ3) is 5.97. The van der Waals surface area contributed by atoms with E-state index in [-0.39, 0.29) is 5.91 Å². The van der Waals surface area contributed by atoms with Crippen LogP contribution in [0.2, 0.25) is 0 Å². The highest BCUT2D eigenvalue weighted by atomic mass is 16.5. The number of hydrogen-bond acceptors (Lipinski definition) is 5. The molecule has 1 aromatic carbocycles. The van der Waals surface area contributed by atoms with E-state index in [0.717, 1.165) is 55.9 Å². The Morgan fingerprint density at radius 2 is 1.92 bits per heavy atom. The van der Waals surface area contributed by atoms with Crippen LogP contribution in [0.5, 0.6) is 5.75 Å². The summed E-state index contributed by atoms with van der Waals surface area (Å²) in [5.41, 5.74) is 2.24. The van der Waals surface area contributed by atoms with E-state index in [1.807, 2.05) is 26.0 Å². The van der Waals surface area contributed by atoms with Gasteiger partial charge in [-0.15, -0.1) is 0 Å². The van der Waals surface area contributed by atoms with Crippen LogP contribution in [0.4, 0.5) is 0 Å². The first-order valence-corrected chi connectivity index (χ1v) is 9.62. The minimum atomic E-state index is -0.514. The Bertz CT molecular complexity index is 610. The van der Waals surface area contributed by atoms with Gasteiger partial charge in [-0.2, -0.15) is 0 Å². The standard InChI is InChI=1S/C20H31N3O3/c1-15-3-4-16(2)19(11-15)26-14-18(24)12-22-7-9-23(10-8-22)13-20(25)21-17-5-6-17/h3-4,11,17-18,24H,5-10,12-14H2,1-2H3,(H,21,25). The van der Waals surface area contributed by atoms with Crippen molar-refractivity contribution in [1.82, 2.24) is 15.1 Å². The van der Waals surface area contributed by atoms with Crippen LogP contribution in [0.1, 0.15) is 24.0 Å². The number of piperazine rings is 1. The molecule has 2 N–H and O–H groups in total. The monoisotopic (exact) mass is 361 g/mol. The van der Waals surface area contributed by atoms with Crippen molar-refractivity contribution >= 4 is 5.91 Å². The Kier molecular flexibility index (Phi) is 6.51. The van der Waals surface area contributed by atoms with Crippen molar-refractivity contribution in [3.05, 3.63) is 29.3 Å². The molecule has 2 fully saturated rings. The van der Waals surface area contributed by atoms with Crippen LogP contribution in [0.15, 0.2) is 18.2 Å². The number of aliphatic hydroxyl groups excluding tert-OH is 1. The van der Waals surface area contributed by atoms with Gasteiger partial charge in [-0.25, -0.2) is 0 Å². The van der Waals surface area contributed by atoms with Crippen molar-refractivity contribution in [3.8, 4) is 5.75 Å². The Hall–Kier alpha value is -1.63. The van der Waals surface area contributed by atoms with Gasteiger partial charge in [-0.05, 0) is 43.9 Å². The van der Waals surface area contributed by atoms with Crippen LogP contribution >= 0.6 is 0 Å². The quantitative estimate of drug-likeness (QED) is 0.721. The maximum absolute atomic E-state index is 11.9. The van der Waals surface area contributed by atoms with Crippen molar-refractivity contribution in [2.24, 2.45) is 0 Å². The number of nitrogens with zero attached hydrogens (tertiary/aromatic N) is 2. The molecule has 1 heterocycles. The van der Waals surface area contributed by atoms with Crippen LogP contribution in [0, 0.1) is 13.8 Å². The number of aliphatic hydroxyl groups is 1. The maximum Gasteiger partial charge on any atom is 0.234 e. The number of β-amino-alcohol motifs (C(OH)–C–C–N with tert-alkyl or cyclic N) is 1. The van der Waals surface area contributed by atoms with Gasteiger partial charge >= 0.3 is 0 Å². The summed E-state index contributed by atoms with van der Waals surface area (Å²) < 4.78 is 5.80. The fraction of sp³-hybridized carbons (Fsp3) is 0.650. The summed E-state index contributed by atoms with van der Waals surface area (Å²) in [5.74, 6) is 0.985. The van der Waals surface area contributed by atoms with E-state index in [1.165, 1.54) is 0 Å². The predicted octanol–water partition coefficient (Wildman–Crippen LogP) is 0.939. The molecular formula is C20H31N3O3. The maximum atomic E-state index is 11.9. The summed E-state index contributed by atoms with van der Waals surface area (Å²) in [6.07, 6.45) is 1.74. The molecule has 0 radical (unpaired) electrons. The number of carbonyl (C=O) groups is 1. The molecule has 1 aliphatic heterocycles. The second-order valence-electron chi connectivity index (χ2n) is 7.65. The lowest BCUT2D eigenvalue weighted by Gasteiger charge is -2.35. The van der Waals surface area contributed by atoms with E-state index >= 15 is 0 Å². The lowest BCUT2D eigenvalue weighted by Crippen LogP contribution is -2.51. The van der Waals surface area contributed by atoms with Gasteiger partial charge in [-0.3, -0.25) is 14.6 Å². The Balaban J connectivity index is 1.34. The number of amides is 1. The molecule has 6 heteroatoms. The van der Waals surface area contributed by atoms with Crippen LogP contribution in [0.3, 0.4) is 0 Å². The van der Waals surface area contributed by atoms with Gasteiger partial charge in [0.15, 0.2) is 0 Å². The van der Waals surface area contributed by atoms with E-state index < -0.39 is 6.10 Å². The fourth-order valence-corrected chi connectivity index (χ4v) is 3.23. The van der Waals surface area contributed by atoms with Crippen molar-refractivity contribution in [2.75, 3.05) is 45.9 Å². The molecule has 26 heavy (non-hydrogen) atoms. The second kappa shape index (κ2) is 8.84. The number of carbonyl (C=O) groups excluding carboxylic acids is 1. The minimum absolute atomic E-state index is 0.142. The third-order valence-corrected chi connectivity index (χ3v) is 5.02. The summed E-state index contributed by atoms with van der Waals surface area (Å²) >= 11 is 0. The highest BCUT2D eigenvalue weighted by Gasteiger charge is 2.25. The van der Waals surface area contributed by atoms with E-state index in [0.29, 0.717) is 25.7 Å². The molecule has 1 saturated carbocycles. The van der Waals surface area contributed by atoms with Gasteiger partial charge in [0.05, 0.1) is 6.54 Å². The minimum Gasteiger partial charge on any atom is -0.491 e. The summed E-state index contributed by atoms with van der Waals surface area (Å²) in [7, 11) is 0. The van der Waals surface area contributed by atoms with E-state index in [1.54, 1.807) is 0 Å². The van der Waals surface area contributed by atoms with Crippen molar-refractivity contribution < 1.29 is 14.6 Å². The largest absolute Gasteiger partial charge is 0.491 e. The topological polar surface area (TPSA) is 65.0 Å². The van der Waals surface area contributed by atoms with Crippen LogP contribution in [-0.4, -0.2) is 78.8 Å². The summed E-state index contributed by atoms with van der Waals surface area (Å²) in [6, 6.07) is 6.53. The molecule has 144 valence electrons. The van der Waals surface area contributed by atoms with E-state index in [2.05, 4.69) is 21.2 Å². The molecule has 1 unspecified atom stereocenters. The van der Waals surface area contributed by atoms with Crippen molar-refractivity contribution in [3.63, 3.8) is 0 Å². The van der Waals surface area contributed by atoms with E-state index in [4.69, 9.17) is 4.74 Å². The molecule has 1 saturated heterocycles. The van der Waals surface area contributed by atoms with Crippen molar-refractivity contribution in [1.29, 1.82) is 0 Å². The fourth-order valence-electron chi connectivity index (χ4n) is 3.23. The van der Waals surface area contributed by atoms with E-state index in [9.17, 15) is 9.90 Å². The lowest BCUT2D eigenvalue weighted by molar-refractivity contribution is -0.122. The van der Waals surface area contributed by atoms with Crippen molar-refractivity contribution in [2.45, 2.75) is 38.8 Å². The molecule has 2 aliphatic rings. The smallest absolute Gasteiger partial charge is 0.234 e. The molecular weight excluding hydrogens is 330 g/mol. The zero-order valence-electron chi connectivity index (χ0n) is 15.9. The number of benzene rings is 1. The lowest BCUT2D eigenvalue weighted by atomic mass is 10.1. The number of rotatable bonds is 8. The number of aryl methyl sites for hydroxylation is 2. The second-order valence-corrected chi connectivity index (χ2v) is 7.65. The van der Waals surface area contributed by atoms with Gasteiger partial charge in [-0.1, -0.05) is 12.1 Å². The SMILES string of the molecule is Cc1ccc(C)c(OCC(O)CN2CCN(CC(=O)NC3CC3)CC2)c1. The van der Waals surface area contributed by atoms with Crippen LogP contribution in [-0.2, 0) is 4.79 Å². The Morgan fingerprint density at radius 3 is 2.62 bits per heavy atom. The molecule has 1 amide bonds. The molecule has 1 aliphatic carbocycles. The van der Waals surface area contributed by atoms with Gasteiger partial charge in [0.25, 0.3) is 0 Å². The molecule has 6 nitrogen and oxygen atoms in total. The normalized spacial score (nSPS) is 20.0. The first-order valence-electron chi connectivity index (χ1n) is 9.62. The Morgan fingerprint density at radius 1 is 1.23 bits per heavy atom. The summed E-state index contributed by atoms with van der Waals surface area (Å²) in [6.45, 7) is 8.91. The third-order valence-electron chi connectivity index (χ3n) is 5.02. The molecule has 0 bridgehead atoms. The average Bonchev–Trinajstić information content (AvgIpc) is 3.41. The molecule has 3 rings (SSSR count). The van der Waals surface area contributed by atoms with Crippen LogP contribution in [0.25, 0.3) is 0 Å². The molecule has 1 atom stereocenters. The number of hydrogen-bond donors (Lipinski definition) is 2. The number of nitrogens with one attached hydrogen (secondary N) is 1. The zero-order valence-corrected chi connectivity index (χ0v) is 15.9. The molecule has 0 spiro atoms. The van der Waals surface area contributed by atoms with Crippen LogP contribution < -0.4 is 10.1 Å². The van der Waals surface area contributed by atoms with Gasteiger partial charge in [0.2, 0.25) is 5.91 Å². The number of ether oxygens (including phenoxy) is 1. The van der Waals surface area contributed by atoms with Gasteiger partial charge < -0.3 is 15.2 Å². The van der Waals surface area contributed by atoms with Gasteiger partial charge in [0, 0.05) is 38.8 Å².